The van der Waals surface area contributed by atoms with Crippen molar-refractivity contribution in [2.45, 2.75) is 401 Å². The van der Waals surface area contributed by atoms with Gasteiger partial charge in [0.15, 0.2) is 12.2 Å². The van der Waals surface area contributed by atoms with Crippen molar-refractivity contribution in [2.75, 3.05) is 39.6 Å². The molecule has 0 fully saturated rings. The fourth-order valence-corrected chi connectivity index (χ4v) is 13.1. The van der Waals surface area contributed by atoms with Crippen LogP contribution in [0.15, 0.2) is 0 Å². The molecule has 0 saturated heterocycles. The molecule has 19 heteroatoms. The van der Waals surface area contributed by atoms with Gasteiger partial charge in [-0.05, 0) is 49.4 Å². The fourth-order valence-electron chi connectivity index (χ4n) is 11.6. The lowest BCUT2D eigenvalue weighted by Crippen LogP contribution is -2.30. The Hall–Kier alpha value is -1.94. The highest BCUT2D eigenvalue weighted by atomic mass is 31.2. The molecular weight excluding hydrogens is 1250 g/mol. The van der Waals surface area contributed by atoms with Crippen molar-refractivity contribution in [1.29, 1.82) is 0 Å². The second-order valence-electron chi connectivity index (χ2n) is 29.3. The summed E-state index contributed by atoms with van der Waals surface area (Å²) in [5.41, 5.74) is 0. The van der Waals surface area contributed by atoms with Gasteiger partial charge in [-0.2, -0.15) is 0 Å². The molecule has 3 unspecified atom stereocenters. The van der Waals surface area contributed by atoms with E-state index in [1.165, 1.54) is 186 Å². The second kappa shape index (κ2) is 65.4. The van der Waals surface area contributed by atoms with E-state index in [0.717, 1.165) is 114 Å². The maximum Gasteiger partial charge on any atom is 0.472 e. The van der Waals surface area contributed by atoms with Crippen molar-refractivity contribution >= 4 is 39.5 Å². The number of aliphatic hydroxyl groups is 1. The zero-order chi connectivity index (χ0) is 70.3. The Morgan fingerprint density at radius 2 is 0.442 bits per heavy atom. The summed E-state index contributed by atoms with van der Waals surface area (Å²) in [6, 6.07) is 0. The molecule has 0 radical (unpaired) electrons. The maximum absolute atomic E-state index is 13.1. The quantitative estimate of drug-likeness (QED) is 0.0222. The first-order chi connectivity index (χ1) is 45.6. The lowest BCUT2D eigenvalue weighted by Gasteiger charge is -2.21. The summed E-state index contributed by atoms with van der Waals surface area (Å²) in [6.07, 6.45) is 50.0. The molecule has 0 bridgehead atoms. The van der Waals surface area contributed by atoms with Gasteiger partial charge in [0.2, 0.25) is 0 Å². The topological polar surface area (TPSA) is 237 Å². The highest BCUT2D eigenvalue weighted by molar-refractivity contribution is 7.47. The van der Waals surface area contributed by atoms with Crippen molar-refractivity contribution < 1.29 is 80.2 Å². The predicted octanol–water partition coefficient (Wildman–Crippen LogP) is 22.0. The Morgan fingerprint density at radius 1 is 0.263 bits per heavy atom. The first-order valence-corrected chi connectivity index (χ1v) is 42.2. The number of carbonyl (C=O) groups excluding carboxylic acids is 4. The summed E-state index contributed by atoms with van der Waals surface area (Å²) in [5, 5.41) is 10.6. The van der Waals surface area contributed by atoms with E-state index < -0.39 is 97.5 Å². The van der Waals surface area contributed by atoms with Crippen LogP contribution in [0.3, 0.4) is 0 Å². The first kappa shape index (κ1) is 93.1. The van der Waals surface area contributed by atoms with E-state index in [4.69, 9.17) is 37.0 Å². The van der Waals surface area contributed by atoms with Crippen molar-refractivity contribution in [2.24, 2.45) is 23.7 Å². The van der Waals surface area contributed by atoms with Crippen LogP contribution in [0.25, 0.3) is 0 Å². The molecule has 0 aromatic carbocycles. The minimum Gasteiger partial charge on any atom is -0.462 e. The molecule has 0 amide bonds. The van der Waals surface area contributed by atoms with Crippen LogP contribution in [-0.2, 0) is 65.4 Å². The normalized spacial score (nSPS) is 14.1. The van der Waals surface area contributed by atoms with Gasteiger partial charge in [-0.15, -0.1) is 0 Å². The molecule has 0 aromatic rings. The average molecular weight is 1400 g/mol. The zero-order valence-electron chi connectivity index (χ0n) is 62.3. The number of hydrogen-bond donors (Lipinski definition) is 3. The van der Waals surface area contributed by atoms with E-state index in [1.807, 2.05) is 0 Å². The van der Waals surface area contributed by atoms with Crippen LogP contribution >= 0.6 is 15.6 Å². The van der Waals surface area contributed by atoms with Crippen molar-refractivity contribution in [3.8, 4) is 0 Å². The van der Waals surface area contributed by atoms with Crippen LogP contribution in [-0.4, -0.2) is 96.7 Å². The number of aliphatic hydroxyl groups excluding tert-OH is 1. The first-order valence-electron chi connectivity index (χ1n) is 39.2. The monoisotopic (exact) mass is 1400 g/mol. The van der Waals surface area contributed by atoms with E-state index in [1.54, 1.807) is 0 Å². The number of esters is 4. The molecule has 3 N–H and O–H groups in total. The molecule has 95 heavy (non-hydrogen) atoms. The molecule has 564 valence electrons. The molecule has 0 aliphatic rings. The van der Waals surface area contributed by atoms with Gasteiger partial charge in [0.05, 0.1) is 26.4 Å². The summed E-state index contributed by atoms with van der Waals surface area (Å²) >= 11 is 0. The number of hydrogen-bond acceptors (Lipinski definition) is 15. The smallest absolute Gasteiger partial charge is 0.462 e. The minimum atomic E-state index is -4.96. The van der Waals surface area contributed by atoms with Crippen LogP contribution in [0.1, 0.15) is 383 Å². The summed E-state index contributed by atoms with van der Waals surface area (Å²) < 4.78 is 68.5. The van der Waals surface area contributed by atoms with Crippen molar-refractivity contribution in [3.05, 3.63) is 0 Å². The van der Waals surface area contributed by atoms with E-state index in [-0.39, 0.29) is 25.7 Å². The van der Waals surface area contributed by atoms with Gasteiger partial charge in [0, 0.05) is 25.7 Å². The minimum absolute atomic E-state index is 0.105. The van der Waals surface area contributed by atoms with E-state index in [0.29, 0.717) is 25.7 Å². The maximum atomic E-state index is 13.1. The highest BCUT2D eigenvalue weighted by Crippen LogP contribution is 2.45. The van der Waals surface area contributed by atoms with Gasteiger partial charge >= 0.3 is 39.5 Å². The van der Waals surface area contributed by atoms with Gasteiger partial charge in [0.25, 0.3) is 0 Å². The molecule has 5 atom stereocenters. The van der Waals surface area contributed by atoms with E-state index >= 15 is 0 Å². The van der Waals surface area contributed by atoms with Crippen LogP contribution in [0.2, 0.25) is 0 Å². The third-order valence-corrected chi connectivity index (χ3v) is 19.5. The molecule has 0 aliphatic carbocycles. The Bertz CT molecular complexity index is 1870. The third-order valence-electron chi connectivity index (χ3n) is 17.6. The summed E-state index contributed by atoms with van der Waals surface area (Å²) in [6.45, 7) is 14.2. The standard InChI is InChI=1S/C76H148O17P2/c1-66(2)52-44-36-28-20-15-13-11-9-10-12-14-16-23-34-42-50-58-75(80)92-71(62-86-73(78)56-48-40-32-25-19-22-30-38-46-54-68(5)6)64-90-94(82,83)88-60-70(77)61-89-95(84,85)91-65-72(63-87-74(79)57-49-41-33-27-26-31-39-47-55-69(7)8)93-76(81)59-51-43-35-24-18-17-21-29-37-45-53-67(3)4/h66-72,77H,9-65H2,1-8H3,(H,82,83)(H,84,85)/t70?,71-,72-/m1/s1. The van der Waals surface area contributed by atoms with Gasteiger partial charge in [-0.25, -0.2) is 9.13 Å². The lowest BCUT2D eigenvalue weighted by atomic mass is 10.0. The zero-order valence-corrected chi connectivity index (χ0v) is 64.1. The summed E-state index contributed by atoms with van der Waals surface area (Å²) in [4.78, 5) is 72.8. The molecule has 0 aromatic heterocycles. The Kier molecular flexibility index (Phi) is 64.0. The fraction of sp³-hybridized carbons (Fsp3) is 0.947. The number of ether oxygens (including phenoxy) is 4. The number of phosphoric acid groups is 2. The van der Waals surface area contributed by atoms with Crippen LogP contribution in [0.5, 0.6) is 0 Å². The average Bonchev–Trinajstić information content (AvgIpc) is 2.63. The largest absolute Gasteiger partial charge is 0.472 e. The van der Waals surface area contributed by atoms with Crippen molar-refractivity contribution in [1.82, 2.24) is 0 Å². The molecule has 0 heterocycles. The lowest BCUT2D eigenvalue weighted by molar-refractivity contribution is -0.161. The van der Waals surface area contributed by atoms with Gasteiger partial charge in [-0.3, -0.25) is 37.3 Å². The molecule has 0 spiro atoms. The van der Waals surface area contributed by atoms with Crippen LogP contribution in [0, 0.1) is 23.7 Å². The molecular formula is C76H148O17P2. The van der Waals surface area contributed by atoms with E-state index in [2.05, 4.69) is 55.4 Å². The van der Waals surface area contributed by atoms with Crippen molar-refractivity contribution in [3.63, 3.8) is 0 Å². The van der Waals surface area contributed by atoms with Crippen LogP contribution in [0.4, 0.5) is 0 Å². The molecule has 0 aliphatic heterocycles. The number of rotatable bonds is 73. The Morgan fingerprint density at radius 3 is 0.653 bits per heavy atom. The Balaban J connectivity index is 5.24. The van der Waals surface area contributed by atoms with Crippen LogP contribution < -0.4 is 0 Å². The van der Waals surface area contributed by atoms with Gasteiger partial charge in [0.1, 0.15) is 19.3 Å². The third kappa shape index (κ3) is 70.3. The Labute approximate surface area is 581 Å². The highest BCUT2D eigenvalue weighted by Gasteiger charge is 2.30. The number of carbonyl (C=O) groups is 4. The molecule has 0 rings (SSSR count). The van der Waals surface area contributed by atoms with Gasteiger partial charge < -0.3 is 33.8 Å². The number of phosphoric ester groups is 2. The SMILES string of the molecule is CC(C)CCCCCCCCCCCCCCCCCCC(=O)O[C@H](COC(=O)CCCCCCCCCCCC(C)C)COP(=O)(O)OCC(O)COP(=O)(O)OC[C@@H](COC(=O)CCCCCCCCCCC(C)C)OC(=O)CCCCCCCCCCCCC(C)C. The van der Waals surface area contributed by atoms with Gasteiger partial charge in [-0.1, -0.05) is 331 Å². The second-order valence-corrected chi connectivity index (χ2v) is 32.2. The molecule has 0 saturated carbocycles. The number of unbranched alkanes of at least 4 members (excludes halogenated alkanes) is 39. The van der Waals surface area contributed by atoms with E-state index in [9.17, 15) is 43.2 Å². The predicted molar refractivity (Wildman–Crippen MR) is 386 cm³/mol. The summed E-state index contributed by atoms with van der Waals surface area (Å²) in [5.74, 6) is 0.910. The molecule has 17 nitrogen and oxygen atoms in total. The summed E-state index contributed by atoms with van der Waals surface area (Å²) in [7, 11) is -9.91.